The van der Waals surface area contributed by atoms with E-state index in [-0.39, 0.29) is 5.91 Å². The highest BCUT2D eigenvalue weighted by Crippen LogP contribution is 2.20. The van der Waals surface area contributed by atoms with Gasteiger partial charge in [-0.25, -0.2) is 13.8 Å². The predicted octanol–water partition coefficient (Wildman–Crippen LogP) is 5.15. The number of hydrogen-bond acceptors (Lipinski definition) is 3. The first-order chi connectivity index (χ1) is 15.1. The number of H-pyrrole nitrogens is 1. The molecule has 5 nitrogen and oxygen atoms in total. The highest BCUT2D eigenvalue weighted by Gasteiger charge is 2.14. The van der Waals surface area contributed by atoms with Crippen LogP contribution in [0.15, 0.2) is 72.8 Å². The average molecular weight is 421 g/mol. The number of rotatable bonds is 8. The molecule has 0 unspecified atom stereocenters. The summed E-state index contributed by atoms with van der Waals surface area (Å²) >= 11 is 0. The molecule has 1 aromatic heterocycles. The van der Waals surface area contributed by atoms with Crippen molar-refractivity contribution >= 4 is 16.9 Å². The van der Waals surface area contributed by atoms with Crippen LogP contribution in [-0.2, 0) is 24.5 Å². The number of fused-ring (bicyclic) bond motifs is 1. The molecule has 0 spiro atoms. The fourth-order valence-electron chi connectivity index (χ4n) is 3.17. The fourth-order valence-corrected chi connectivity index (χ4v) is 3.17. The van der Waals surface area contributed by atoms with Crippen molar-refractivity contribution in [3.8, 4) is 0 Å². The van der Waals surface area contributed by atoms with Gasteiger partial charge in [-0.05, 0) is 34.9 Å². The van der Waals surface area contributed by atoms with E-state index in [0.717, 1.165) is 16.7 Å². The van der Waals surface area contributed by atoms with Crippen LogP contribution in [0, 0.1) is 0 Å². The summed E-state index contributed by atoms with van der Waals surface area (Å²) in [5.74, 6) is -0.689. The molecule has 31 heavy (non-hydrogen) atoms. The van der Waals surface area contributed by atoms with Gasteiger partial charge in [0.2, 0.25) is 0 Å². The van der Waals surface area contributed by atoms with Crippen LogP contribution in [0.25, 0.3) is 11.0 Å². The molecule has 0 aliphatic rings. The summed E-state index contributed by atoms with van der Waals surface area (Å²) in [5, 5.41) is 2.84. The Morgan fingerprint density at radius 1 is 0.935 bits per heavy atom. The number of aromatic nitrogens is 2. The highest BCUT2D eigenvalue weighted by atomic mass is 19.3. The summed E-state index contributed by atoms with van der Waals surface area (Å²) in [4.78, 5) is 18.8. The smallest absolute Gasteiger partial charge is 0.295 e. The second kappa shape index (κ2) is 9.49. The van der Waals surface area contributed by atoms with Gasteiger partial charge in [-0.3, -0.25) is 4.79 Å². The van der Waals surface area contributed by atoms with Gasteiger partial charge in [0.25, 0.3) is 12.3 Å². The lowest BCUT2D eigenvalue weighted by molar-refractivity contribution is 0.0951. The zero-order valence-corrected chi connectivity index (χ0v) is 16.6. The molecule has 0 aliphatic heterocycles. The summed E-state index contributed by atoms with van der Waals surface area (Å²) in [6.07, 6.45) is -2.68. The van der Waals surface area contributed by atoms with Gasteiger partial charge in [-0.15, -0.1) is 0 Å². The van der Waals surface area contributed by atoms with Crippen molar-refractivity contribution in [2.24, 2.45) is 0 Å². The maximum Gasteiger partial charge on any atom is 0.295 e. The largest absolute Gasteiger partial charge is 0.372 e. The third-order valence-corrected chi connectivity index (χ3v) is 4.83. The van der Waals surface area contributed by atoms with Gasteiger partial charge in [-0.2, -0.15) is 0 Å². The van der Waals surface area contributed by atoms with Crippen LogP contribution in [0.4, 0.5) is 8.78 Å². The van der Waals surface area contributed by atoms with E-state index < -0.39 is 12.2 Å². The molecule has 4 rings (SSSR count). The first kappa shape index (κ1) is 20.7. The summed E-state index contributed by atoms with van der Waals surface area (Å²) in [5.41, 5.74) is 4.30. The number of carbonyl (C=O) groups excluding carboxylic acids is 1. The van der Waals surface area contributed by atoms with Gasteiger partial charge in [0.1, 0.15) is 0 Å². The molecule has 3 aromatic carbocycles. The number of amides is 1. The Morgan fingerprint density at radius 2 is 1.61 bits per heavy atom. The van der Waals surface area contributed by atoms with Crippen LogP contribution < -0.4 is 5.32 Å². The number of ether oxygens (including phenoxy) is 1. The number of imidazole rings is 1. The van der Waals surface area contributed by atoms with Crippen molar-refractivity contribution in [3.05, 3.63) is 101 Å². The van der Waals surface area contributed by atoms with Crippen molar-refractivity contribution in [2.45, 2.75) is 26.2 Å². The van der Waals surface area contributed by atoms with Gasteiger partial charge >= 0.3 is 0 Å². The average Bonchev–Trinajstić information content (AvgIpc) is 3.23. The normalized spacial score (nSPS) is 11.2. The molecule has 2 N–H and O–H groups in total. The Hall–Kier alpha value is -3.58. The Labute approximate surface area is 178 Å². The Bertz CT molecular complexity index is 1160. The number of aromatic amines is 1. The Morgan fingerprint density at radius 3 is 2.32 bits per heavy atom. The van der Waals surface area contributed by atoms with Crippen LogP contribution in [-0.4, -0.2) is 15.9 Å². The molecule has 4 aromatic rings. The first-order valence-electron chi connectivity index (χ1n) is 9.84. The number of alkyl halides is 2. The zero-order chi connectivity index (χ0) is 21.6. The number of nitrogens with one attached hydrogen (secondary N) is 2. The van der Waals surface area contributed by atoms with E-state index in [1.165, 1.54) is 6.07 Å². The van der Waals surface area contributed by atoms with Crippen LogP contribution in [0.3, 0.4) is 0 Å². The molecular weight excluding hydrogens is 400 g/mol. The van der Waals surface area contributed by atoms with E-state index in [1.807, 2.05) is 54.6 Å². The van der Waals surface area contributed by atoms with E-state index in [4.69, 9.17) is 4.74 Å². The summed E-state index contributed by atoms with van der Waals surface area (Å²) in [6, 6.07) is 22.4. The van der Waals surface area contributed by atoms with E-state index in [2.05, 4.69) is 15.3 Å². The molecule has 1 amide bonds. The highest BCUT2D eigenvalue weighted by molar-refractivity contribution is 5.97. The number of halogens is 2. The van der Waals surface area contributed by atoms with Crippen LogP contribution in [0.1, 0.15) is 39.3 Å². The van der Waals surface area contributed by atoms with Crippen molar-refractivity contribution in [3.63, 3.8) is 0 Å². The van der Waals surface area contributed by atoms with E-state index in [1.54, 1.807) is 12.1 Å². The lowest BCUT2D eigenvalue weighted by Gasteiger charge is -2.08. The van der Waals surface area contributed by atoms with Crippen LogP contribution in [0.2, 0.25) is 0 Å². The van der Waals surface area contributed by atoms with E-state index >= 15 is 0 Å². The number of benzene rings is 3. The topological polar surface area (TPSA) is 67.0 Å². The molecule has 1 heterocycles. The lowest BCUT2D eigenvalue weighted by atomic mass is 10.1. The number of carbonyl (C=O) groups is 1. The van der Waals surface area contributed by atoms with Crippen LogP contribution >= 0.6 is 0 Å². The molecule has 0 saturated carbocycles. The lowest BCUT2D eigenvalue weighted by Crippen LogP contribution is -2.22. The first-order valence-corrected chi connectivity index (χ1v) is 9.84. The van der Waals surface area contributed by atoms with E-state index in [9.17, 15) is 13.6 Å². The Balaban J connectivity index is 1.29. The zero-order valence-electron chi connectivity index (χ0n) is 16.6. The summed E-state index contributed by atoms with van der Waals surface area (Å²) in [6.45, 7) is 1.41. The van der Waals surface area contributed by atoms with Crippen LogP contribution in [0.5, 0.6) is 0 Å². The van der Waals surface area contributed by atoms with Crippen molar-refractivity contribution in [2.75, 3.05) is 0 Å². The molecule has 158 valence electrons. The third kappa shape index (κ3) is 5.32. The number of hydrogen-bond donors (Lipinski definition) is 2. The quantitative estimate of drug-likeness (QED) is 0.414. The second-order valence-corrected chi connectivity index (χ2v) is 7.13. The minimum atomic E-state index is -2.68. The SMILES string of the molecule is O=C(NCc1ccc(COCc2ccccc2)cc1)c1ccc2nc(C(F)F)[nH]c2c1. The molecule has 0 fully saturated rings. The minimum absolute atomic E-state index is 0.287. The van der Waals surface area contributed by atoms with Crippen molar-refractivity contribution in [1.82, 2.24) is 15.3 Å². The maximum atomic E-state index is 12.8. The monoisotopic (exact) mass is 421 g/mol. The second-order valence-electron chi connectivity index (χ2n) is 7.13. The molecule has 0 atom stereocenters. The molecule has 0 bridgehead atoms. The Kier molecular flexibility index (Phi) is 6.33. The minimum Gasteiger partial charge on any atom is -0.372 e. The van der Waals surface area contributed by atoms with Crippen molar-refractivity contribution < 1.29 is 18.3 Å². The molecular formula is C24H21F2N3O2. The molecule has 0 radical (unpaired) electrons. The van der Waals surface area contributed by atoms with Gasteiger partial charge in [-0.1, -0.05) is 54.6 Å². The predicted molar refractivity (Wildman–Crippen MR) is 114 cm³/mol. The maximum absolute atomic E-state index is 12.8. The standard InChI is InChI=1S/C24H21F2N3O2/c25-22(26)23-28-20-11-10-19(12-21(20)29-23)24(30)27-13-16-6-8-18(9-7-16)15-31-14-17-4-2-1-3-5-17/h1-12,22H,13-15H2,(H,27,30)(H,28,29). The molecule has 0 aliphatic carbocycles. The fraction of sp³-hybridized carbons (Fsp3) is 0.167. The summed E-state index contributed by atoms with van der Waals surface area (Å²) in [7, 11) is 0. The van der Waals surface area contributed by atoms with Crippen molar-refractivity contribution in [1.29, 1.82) is 0 Å². The summed E-state index contributed by atoms with van der Waals surface area (Å²) < 4.78 is 31.3. The van der Waals surface area contributed by atoms with E-state index in [0.29, 0.717) is 36.4 Å². The van der Waals surface area contributed by atoms with Gasteiger partial charge < -0.3 is 15.0 Å². The molecule has 0 saturated heterocycles. The molecule has 7 heteroatoms. The third-order valence-electron chi connectivity index (χ3n) is 4.83. The van der Waals surface area contributed by atoms with Gasteiger partial charge in [0.15, 0.2) is 5.82 Å². The number of nitrogens with zero attached hydrogens (tertiary/aromatic N) is 1. The van der Waals surface area contributed by atoms with Gasteiger partial charge in [0, 0.05) is 12.1 Å². The van der Waals surface area contributed by atoms with Gasteiger partial charge in [0.05, 0.1) is 24.2 Å².